The first-order chi connectivity index (χ1) is 5.29. The Morgan fingerprint density at radius 2 is 2.55 bits per heavy atom. The summed E-state index contributed by atoms with van der Waals surface area (Å²) in [5, 5.41) is 0. The molecule has 1 aromatic rings. The Hall–Kier alpha value is -0.520. The van der Waals surface area contributed by atoms with Gasteiger partial charge in [0, 0.05) is 0 Å². The molecular weight excluding hydrogens is 162 g/mol. The lowest BCUT2D eigenvalue weighted by Gasteiger charge is -2.05. The average molecular weight is 173 g/mol. The van der Waals surface area contributed by atoms with Crippen molar-refractivity contribution in [1.29, 1.82) is 0 Å². The summed E-state index contributed by atoms with van der Waals surface area (Å²) in [4.78, 5) is 5.10. The van der Waals surface area contributed by atoms with Crippen LogP contribution in [-0.2, 0) is 11.4 Å². The van der Waals surface area contributed by atoms with Crippen LogP contribution in [0, 0.1) is 0 Å². The van der Waals surface area contributed by atoms with Gasteiger partial charge in [0.05, 0.1) is 36.3 Å². The first-order valence-electron chi connectivity index (χ1n) is 3.44. The van der Waals surface area contributed by atoms with Crippen molar-refractivity contribution in [2.75, 3.05) is 0 Å². The third-order valence-electron chi connectivity index (χ3n) is 0.979. The smallest absolute Gasteiger partial charge is 0.0904 e. The van der Waals surface area contributed by atoms with E-state index in [1.807, 2.05) is 13.8 Å². The minimum atomic E-state index is 0.196. The number of hydrogen-bond acceptors (Lipinski definition) is 5. The summed E-state index contributed by atoms with van der Waals surface area (Å²) in [6, 6.07) is 0. The van der Waals surface area contributed by atoms with Gasteiger partial charge in [0.2, 0.25) is 0 Å². The van der Waals surface area contributed by atoms with Gasteiger partial charge in [0.15, 0.2) is 0 Å². The summed E-state index contributed by atoms with van der Waals surface area (Å²) >= 11 is 1.20. The van der Waals surface area contributed by atoms with Crippen LogP contribution in [0.15, 0.2) is 6.20 Å². The van der Waals surface area contributed by atoms with E-state index in [1.165, 1.54) is 11.7 Å². The van der Waals surface area contributed by atoms with E-state index in [2.05, 4.69) is 14.2 Å². The van der Waals surface area contributed by atoms with Crippen molar-refractivity contribution in [1.82, 2.24) is 14.2 Å². The van der Waals surface area contributed by atoms with Crippen molar-refractivity contribution in [2.24, 2.45) is 0 Å². The van der Waals surface area contributed by atoms with E-state index in [0.29, 0.717) is 6.54 Å². The summed E-state index contributed by atoms with van der Waals surface area (Å²) in [5.41, 5.74) is 3.70. The molecule has 4 nitrogen and oxygen atoms in total. The number of hydroxylamine groups is 1. The second-order valence-electron chi connectivity index (χ2n) is 2.39. The van der Waals surface area contributed by atoms with Crippen LogP contribution in [0.5, 0.6) is 0 Å². The van der Waals surface area contributed by atoms with Gasteiger partial charge in [-0.2, -0.15) is 14.2 Å². The lowest BCUT2D eigenvalue weighted by molar-refractivity contribution is -0.00927. The third kappa shape index (κ3) is 3.41. The molecule has 0 aliphatic heterocycles. The summed E-state index contributed by atoms with van der Waals surface area (Å²) in [6.45, 7) is 4.55. The van der Waals surface area contributed by atoms with Crippen LogP contribution in [0.2, 0.25) is 0 Å². The third-order valence-corrected chi connectivity index (χ3v) is 1.50. The molecule has 0 atom stereocenters. The number of nitrogens with zero attached hydrogens (tertiary/aromatic N) is 2. The first kappa shape index (κ1) is 8.58. The predicted molar refractivity (Wildman–Crippen MR) is 43.0 cm³/mol. The fraction of sp³-hybridized carbons (Fsp3) is 0.667. The Balaban J connectivity index is 2.14. The molecule has 0 saturated heterocycles. The quantitative estimate of drug-likeness (QED) is 0.689. The molecule has 0 unspecified atom stereocenters. The van der Waals surface area contributed by atoms with Crippen LogP contribution in [0.3, 0.4) is 0 Å². The SMILES string of the molecule is CC(C)ONCc1cnsn1. The van der Waals surface area contributed by atoms with Crippen molar-refractivity contribution in [3.63, 3.8) is 0 Å². The highest BCUT2D eigenvalue weighted by Gasteiger charge is 1.96. The average Bonchev–Trinajstić information content (AvgIpc) is 2.39. The molecule has 0 bridgehead atoms. The molecule has 11 heavy (non-hydrogen) atoms. The predicted octanol–water partition coefficient (Wildman–Crippen LogP) is 0.968. The van der Waals surface area contributed by atoms with Gasteiger partial charge in [-0.1, -0.05) is 0 Å². The molecule has 1 N–H and O–H groups in total. The van der Waals surface area contributed by atoms with E-state index < -0.39 is 0 Å². The van der Waals surface area contributed by atoms with Crippen molar-refractivity contribution >= 4 is 11.7 Å². The van der Waals surface area contributed by atoms with Gasteiger partial charge < -0.3 is 0 Å². The van der Waals surface area contributed by atoms with Gasteiger partial charge >= 0.3 is 0 Å². The summed E-state index contributed by atoms with van der Waals surface area (Å²) < 4.78 is 7.86. The van der Waals surface area contributed by atoms with Crippen LogP contribution in [0.25, 0.3) is 0 Å². The fourth-order valence-corrected chi connectivity index (χ4v) is 0.977. The second kappa shape index (κ2) is 4.38. The molecule has 1 aromatic heterocycles. The van der Waals surface area contributed by atoms with Crippen molar-refractivity contribution < 1.29 is 4.84 Å². The zero-order valence-electron chi connectivity index (χ0n) is 6.57. The van der Waals surface area contributed by atoms with Crippen LogP contribution >= 0.6 is 11.7 Å². The lowest BCUT2D eigenvalue weighted by Crippen LogP contribution is -2.19. The minimum absolute atomic E-state index is 0.196. The van der Waals surface area contributed by atoms with Crippen LogP contribution in [-0.4, -0.2) is 14.9 Å². The fourth-order valence-electron chi connectivity index (χ4n) is 0.544. The molecule has 0 aliphatic carbocycles. The van der Waals surface area contributed by atoms with E-state index in [0.717, 1.165) is 5.69 Å². The molecule has 5 heteroatoms. The topological polar surface area (TPSA) is 47.0 Å². The Morgan fingerprint density at radius 1 is 1.73 bits per heavy atom. The maximum absolute atomic E-state index is 5.10. The normalized spacial score (nSPS) is 10.8. The standard InChI is InChI=1S/C6H11N3OS/c1-5(2)10-7-3-6-4-8-11-9-6/h4-5,7H,3H2,1-2H3. The number of nitrogens with one attached hydrogen (secondary N) is 1. The van der Waals surface area contributed by atoms with Gasteiger partial charge in [-0.25, -0.2) is 0 Å². The molecule has 62 valence electrons. The molecular formula is C6H11N3OS. The molecule has 0 radical (unpaired) electrons. The first-order valence-corrected chi connectivity index (χ1v) is 4.17. The number of aromatic nitrogens is 2. The van der Waals surface area contributed by atoms with E-state index in [-0.39, 0.29) is 6.10 Å². The second-order valence-corrected chi connectivity index (χ2v) is 2.94. The van der Waals surface area contributed by atoms with Crippen molar-refractivity contribution in [2.45, 2.75) is 26.5 Å². The molecule has 0 spiro atoms. The van der Waals surface area contributed by atoms with Gasteiger partial charge in [-0.15, -0.1) is 0 Å². The van der Waals surface area contributed by atoms with Crippen molar-refractivity contribution in [3.8, 4) is 0 Å². The van der Waals surface area contributed by atoms with Crippen molar-refractivity contribution in [3.05, 3.63) is 11.9 Å². The molecule has 1 rings (SSSR count). The Bertz CT molecular complexity index is 188. The highest BCUT2D eigenvalue weighted by atomic mass is 32.1. The van der Waals surface area contributed by atoms with Crippen LogP contribution in [0.4, 0.5) is 0 Å². The van der Waals surface area contributed by atoms with Crippen LogP contribution in [0.1, 0.15) is 19.5 Å². The molecule has 0 saturated carbocycles. The molecule has 0 fully saturated rings. The van der Waals surface area contributed by atoms with Gasteiger partial charge in [0.25, 0.3) is 0 Å². The van der Waals surface area contributed by atoms with E-state index in [9.17, 15) is 0 Å². The van der Waals surface area contributed by atoms with Gasteiger partial charge in [0.1, 0.15) is 0 Å². The molecule has 0 aliphatic rings. The van der Waals surface area contributed by atoms with Gasteiger partial charge in [-0.3, -0.25) is 4.84 Å². The Labute approximate surface area is 69.9 Å². The maximum atomic E-state index is 5.10. The molecule has 0 amide bonds. The monoisotopic (exact) mass is 173 g/mol. The number of rotatable bonds is 4. The zero-order chi connectivity index (χ0) is 8.10. The lowest BCUT2D eigenvalue weighted by atomic mass is 10.5. The van der Waals surface area contributed by atoms with E-state index in [4.69, 9.17) is 4.84 Å². The Kier molecular flexibility index (Phi) is 3.41. The maximum Gasteiger partial charge on any atom is 0.0904 e. The summed E-state index contributed by atoms with van der Waals surface area (Å²) in [6.07, 6.45) is 1.92. The molecule has 0 aromatic carbocycles. The minimum Gasteiger partial charge on any atom is -0.299 e. The highest BCUT2D eigenvalue weighted by Crippen LogP contribution is 1.94. The number of hydrogen-bond donors (Lipinski definition) is 1. The zero-order valence-corrected chi connectivity index (χ0v) is 7.39. The largest absolute Gasteiger partial charge is 0.299 e. The molecule has 1 heterocycles. The summed E-state index contributed by atoms with van der Waals surface area (Å²) in [7, 11) is 0. The van der Waals surface area contributed by atoms with E-state index >= 15 is 0 Å². The van der Waals surface area contributed by atoms with Crippen LogP contribution < -0.4 is 5.48 Å². The van der Waals surface area contributed by atoms with Gasteiger partial charge in [-0.05, 0) is 13.8 Å². The summed E-state index contributed by atoms with van der Waals surface area (Å²) in [5.74, 6) is 0. The highest BCUT2D eigenvalue weighted by molar-refractivity contribution is 6.99. The Morgan fingerprint density at radius 3 is 3.09 bits per heavy atom. The van der Waals surface area contributed by atoms with E-state index in [1.54, 1.807) is 6.20 Å².